The van der Waals surface area contributed by atoms with Gasteiger partial charge in [-0.3, -0.25) is 13.9 Å². The van der Waals surface area contributed by atoms with Gasteiger partial charge in [0.15, 0.2) is 0 Å². The lowest BCUT2D eigenvalue weighted by Gasteiger charge is -2.35. The van der Waals surface area contributed by atoms with Crippen LogP contribution in [0, 0.1) is 13.8 Å². The number of anilines is 1. The Morgan fingerprint density at radius 2 is 1.57 bits per heavy atom. The third-order valence-electron chi connectivity index (χ3n) is 6.38. The fourth-order valence-corrected chi connectivity index (χ4v) is 6.10. The first-order chi connectivity index (χ1) is 18.7. The van der Waals surface area contributed by atoms with Crippen molar-refractivity contribution in [1.82, 2.24) is 10.2 Å². The number of hydrogen-bond donors (Lipinski definition) is 1. The molecule has 3 aromatic carbocycles. The number of aryl methyl sites for hydroxylation is 2. The Morgan fingerprint density at radius 1 is 0.950 bits per heavy atom. The summed E-state index contributed by atoms with van der Waals surface area (Å²) in [6, 6.07) is 19.7. The first-order valence-electron chi connectivity index (χ1n) is 13.2. The molecule has 0 heterocycles. The Morgan fingerprint density at radius 3 is 2.12 bits per heavy atom. The van der Waals surface area contributed by atoms with E-state index in [-0.39, 0.29) is 17.3 Å². The van der Waals surface area contributed by atoms with E-state index in [2.05, 4.69) is 5.32 Å². The standard InChI is InChI=1S/C31H38ClN3O4S/c1-7-27(30(37)33-31(4,5)6)34(20-24-14-16-25(32)17-15-24)29(36)21-35(28-18-13-22(2)19-23(28)3)40(38,39)26-11-9-8-10-12-26/h8-19,27H,7,20-21H2,1-6H3,(H,33,37). The molecule has 0 aliphatic rings. The normalized spacial score (nSPS) is 12.5. The van der Waals surface area contributed by atoms with Crippen LogP contribution in [0.4, 0.5) is 5.69 Å². The minimum Gasteiger partial charge on any atom is -0.350 e. The number of rotatable bonds is 10. The third kappa shape index (κ3) is 7.86. The van der Waals surface area contributed by atoms with Crippen LogP contribution in [-0.4, -0.2) is 43.3 Å². The first-order valence-corrected chi connectivity index (χ1v) is 15.1. The largest absolute Gasteiger partial charge is 0.350 e. The number of carbonyl (C=O) groups excluding carboxylic acids is 2. The molecule has 0 spiro atoms. The van der Waals surface area contributed by atoms with Gasteiger partial charge in [0.2, 0.25) is 11.8 Å². The highest BCUT2D eigenvalue weighted by atomic mass is 35.5. The molecule has 1 unspecified atom stereocenters. The van der Waals surface area contributed by atoms with E-state index in [0.29, 0.717) is 22.7 Å². The fourth-order valence-electron chi connectivity index (χ4n) is 4.48. The molecule has 9 heteroatoms. The molecule has 3 aromatic rings. The van der Waals surface area contributed by atoms with E-state index in [1.165, 1.54) is 17.0 Å². The molecule has 7 nitrogen and oxygen atoms in total. The van der Waals surface area contributed by atoms with Crippen molar-refractivity contribution >= 4 is 39.1 Å². The van der Waals surface area contributed by atoms with Crippen molar-refractivity contribution in [2.24, 2.45) is 0 Å². The zero-order valence-corrected chi connectivity index (χ0v) is 25.5. The predicted octanol–water partition coefficient (Wildman–Crippen LogP) is 5.87. The number of halogens is 1. The molecule has 0 radical (unpaired) electrons. The van der Waals surface area contributed by atoms with Gasteiger partial charge in [-0.2, -0.15) is 0 Å². The van der Waals surface area contributed by atoms with Crippen LogP contribution in [0.1, 0.15) is 50.8 Å². The van der Waals surface area contributed by atoms with Gasteiger partial charge in [0.25, 0.3) is 10.0 Å². The van der Waals surface area contributed by atoms with Gasteiger partial charge in [-0.1, -0.05) is 66.6 Å². The van der Waals surface area contributed by atoms with Gasteiger partial charge in [0.1, 0.15) is 12.6 Å². The SMILES string of the molecule is CCC(C(=O)NC(C)(C)C)N(Cc1ccc(Cl)cc1)C(=O)CN(c1ccc(C)cc1C)S(=O)(=O)c1ccccc1. The highest BCUT2D eigenvalue weighted by Crippen LogP contribution is 2.28. The second-order valence-corrected chi connectivity index (χ2v) is 13.2. The van der Waals surface area contributed by atoms with E-state index in [4.69, 9.17) is 11.6 Å². The lowest BCUT2D eigenvalue weighted by molar-refractivity contribution is -0.141. The Labute approximate surface area is 243 Å². The van der Waals surface area contributed by atoms with Crippen molar-refractivity contribution in [2.75, 3.05) is 10.8 Å². The van der Waals surface area contributed by atoms with Crippen molar-refractivity contribution in [3.05, 3.63) is 94.5 Å². The maximum Gasteiger partial charge on any atom is 0.264 e. The van der Waals surface area contributed by atoms with Crippen molar-refractivity contribution in [3.63, 3.8) is 0 Å². The van der Waals surface area contributed by atoms with Gasteiger partial charge >= 0.3 is 0 Å². The Kier molecular flexibility index (Phi) is 10.0. The molecular formula is C31H38ClN3O4S. The number of benzene rings is 3. The molecule has 0 aliphatic carbocycles. The molecule has 0 fully saturated rings. The zero-order chi connectivity index (χ0) is 29.7. The number of nitrogens with one attached hydrogen (secondary N) is 1. The minimum absolute atomic E-state index is 0.0737. The Hall–Kier alpha value is -3.36. The van der Waals surface area contributed by atoms with E-state index >= 15 is 0 Å². The van der Waals surface area contributed by atoms with E-state index in [9.17, 15) is 18.0 Å². The van der Waals surface area contributed by atoms with Gasteiger partial charge in [0.05, 0.1) is 10.6 Å². The van der Waals surface area contributed by atoms with Crippen LogP contribution in [0.25, 0.3) is 0 Å². The average Bonchev–Trinajstić information content (AvgIpc) is 2.88. The van der Waals surface area contributed by atoms with Crippen LogP contribution in [0.2, 0.25) is 5.02 Å². The number of amides is 2. The monoisotopic (exact) mass is 583 g/mol. The topological polar surface area (TPSA) is 86.8 Å². The van der Waals surface area contributed by atoms with Crippen molar-refractivity contribution < 1.29 is 18.0 Å². The number of carbonyl (C=O) groups is 2. The van der Waals surface area contributed by atoms with Crippen LogP contribution in [0.15, 0.2) is 77.7 Å². The fraction of sp³-hybridized carbons (Fsp3) is 0.355. The second kappa shape index (κ2) is 12.9. The number of nitrogens with zero attached hydrogens (tertiary/aromatic N) is 2. The summed E-state index contributed by atoms with van der Waals surface area (Å²) in [7, 11) is -4.11. The molecule has 214 valence electrons. The Balaban J connectivity index is 2.09. The first kappa shape index (κ1) is 31.2. The summed E-state index contributed by atoms with van der Waals surface area (Å²) in [6.45, 7) is 10.8. The quantitative estimate of drug-likeness (QED) is 0.323. The molecule has 1 atom stereocenters. The number of hydrogen-bond acceptors (Lipinski definition) is 4. The summed E-state index contributed by atoms with van der Waals surface area (Å²) >= 11 is 6.08. The van der Waals surface area contributed by atoms with Crippen molar-refractivity contribution in [3.8, 4) is 0 Å². The predicted molar refractivity (Wildman–Crippen MR) is 161 cm³/mol. The van der Waals surface area contributed by atoms with Gasteiger partial charge in [-0.15, -0.1) is 0 Å². The van der Waals surface area contributed by atoms with Crippen molar-refractivity contribution in [2.45, 2.75) is 71.0 Å². The molecule has 2 amide bonds. The van der Waals surface area contributed by atoms with Gasteiger partial charge in [-0.05, 0) is 82.5 Å². The maximum atomic E-state index is 14.1. The molecule has 40 heavy (non-hydrogen) atoms. The van der Waals surface area contributed by atoms with E-state index in [1.807, 2.05) is 53.7 Å². The van der Waals surface area contributed by atoms with Gasteiger partial charge < -0.3 is 10.2 Å². The molecule has 0 aliphatic heterocycles. The Bertz CT molecular complexity index is 1440. The van der Waals surface area contributed by atoms with Gasteiger partial charge in [-0.25, -0.2) is 8.42 Å². The summed E-state index contributed by atoms with van der Waals surface area (Å²) in [5, 5.41) is 3.52. The number of sulfonamides is 1. The molecule has 0 bridgehead atoms. The summed E-state index contributed by atoms with van der Waals surface area (Å²) in [6.07, 6.45) is 0.343. The van der Waals surface area contributed by atoms with Crippen molar-refractivity contribution in [1.29, 1.82) is 0 Å². The highest BCUT2D eigenvalue weighted by Gasteiger charge is 2.35. The van der Waals surface area contributed by atoms with Crippen LogP contribution in [-0.2, 0) is 26.2 Å². The highest BCUT2D eigenvalue weighted by molar-refractivity contribution is 7.92. The maximum absolute atomic E-state index is 14.1. The summed E-state index contributed by atoms with van der Waals surface area (Å²) < 4.78 is 29.0. The van der Waals surface area contributed by atoms with Crippen LogP contribution in [0.5, 0.6) is 0 Å². The summed E-state index contributed by atoms with van der Waals surface area (Å²) in [4.78, 5) is 29.1. The summed E-state index contributed by atoms with van der Waals surface area (Å²) in [5.41, 5.74) is 2.35. The average molecular weight is 584 g/mol. The smallest absolute Gasteiger partial charge is 0.264 e. The lowest BCUT2D eigenvalue weighted by atomic mass is 10.1. The second-order valence-electron chi connectivity index (χ2n) is 10.9. The van der Waals surface area contributed by atoms with E-state index in [0.717, 1.165) is 15.4 Å². The lowest BCUT2D eigenvalue weighted by Crippen LogP contribution is -2.55. The third-order valence-corrected chi connectivity index (χ3v) is 8.41. The molecular weight excluding hydrogens is 546 g/mol. The van der Waals surface area contributed by atoms with E-state index < -0.39 is 34.1 Å². The van der Waals surface area contributed by atoms with E-state index in [1.54, 1.807) is 48.5 Å². The molecule has 0 saturated heterocycles. The molecule has 0 saturated carbocycles. The molecule has 1 N–H and O–H groups in total. The summed E-state index contributed by atoms with van der Waals surface area (Å²) in [5.74, 6) is -0.799. The molecule has 0 aromatic heterocycles. The van der Waals surface area contributed by atoms with Crippen LogP contribution < -0.4 is 9.62 Å². The molecule has 3 rings (SSSR count). The van der Waals surface area contributed by atoms with Crippen LogP contribution >= 0.6 is 11.6 Å². The van der Waals surface area contributed by atoms with Gasteiger partial charge in [0, 0.05) is 17.1 Å². The zero-order valence-electron chi connectivity index (χ0n) is 23.9. The van der Waals surface area contributed by atoms with Crippen LogP contribution in [0.3, 0.4) is 0 Å². The minimum atomic E-state index is -4.11.